The van der Waals surface area contributed by atoms with Gasteiger partial charge in [-0.1, -0.05) is 164 Å². The van der Waals surface area contributed by atoms with Gasteiger partial charge in [-0.25, -0.2) is 30.4 Å². The number of H-pyrrole nitrogens is 3. The highest BCUT2D eigenvalue weighted by molar-refractivity contribution is 7.92. The molecule has 3 aromatic heterocycles. The number of anilines is 2. The van der Waals surface area contributed by atoms with E-state index in [-0.39, 0.29) is 35.1 Å². The number of aryl methyl sites for hydroxylation is 3. The number of fused-ring (bicyclic) bond motifs is 2. The third-order valence-electron chi connectivity index (χ3n) is 19.1. The molecule has 11 rings (SSSR count). The van der Waals surface area contributed by atoms with Gasteiger partial charge in [0.1, 0.15) is 0 Å². The van der Waals surface area contributed by atoms with Gasteiger partial charge in [-0.15, -0.1) is 0 Å². The first-order valence-electron chi connectivity index (χ1n) is 39.5. The number of unbranched alkanes of at least 4 members (excludes halogenated alkanes) is 1. The van der Waals surface area contributed by atoms with Gasteiger partial charge in [0.2, 0.25) is 0 Å². The lowest BCUT2D eigenvalue weighted by Gasteiger charge is -2.21. The molecule has 21 nitrogen and oxygen atoms in total. The first-order valence-corrected chi connectivity index (χ1v) is 41.0. The normalized spacial score (nSPS) is 12.0. The van der Waals surface area contributed by atoms with Crippen LogP contribution in [0.3, 0.4) is 0 Å². The van der Waals surface area contributed by atoms with E-state index in [1.165, 1.54) is 110 Å². The predicted octanol–water partition coefficient (Wildman–Crippen LogP) is 16.5. The van der Waals surface area contributed by atoms with Gasteiger partial charge < -0.3 is 51.5 Å². The Morgan fingerprint density at radius 2 is 1.02 bits per heavy atom. The fraction of sp³-hybridized carbons (Fsp3) is 0.219. The van der Waals surface area contributed by atoms with E-state index in [9.17, 15) is 69.0 Å². The lowest BCUT2D eigenvalue weighted by Crippen LogP contribution is -2.28. The van der Waals surface area contributed by atoms with Gasteiger partial charge in [0.25, 0.3) is 39.6 Å². The number of Topliss-reactive ketones (excluding diaryl/α,β-unsaturated/α-hetero) is 2. The summed E-state index contributed by atoms with van der Waals surface area (Å²) in [5.74, 6) is -8.85. The molecule has 11 aromatic rings. The van der Waals surface area contributed by atoms with Crippen molar-refractivity contribution in [2.24, 2.45) is 5.92 Å². The van der Waals surface area contributed by atoms with Crippen LogP contribution < -0.4 is 36.2 Å². The summed E-state index contributed by atoms with van der Waals surface area (Å²) in [6, 6.07) is 65.6. The van der Waals surface area contributed by atoms with Gasteiger partial charge >= 0.3 is 0 Å². The van der Waals surface area contributed by atoms with Crippen LogP contribution in [0.2, 0.25) is 0 Å². The smallest absolute Gasteiger partial charge is 0.279 e. The van der Waals surface area contributed by atoms with E-state index in [0.717, 1.165) is 79.2 Å². The van der Waals surface area contributed by atoms with E-state index in [1.54, 1.807) is 86.7 Å². The third-order valence-corrected chi connectivity index (χ3v) is 20.4. The number of para-hydroxylation sites is 3. The summed E-state index contributed by atoms with van der Waals surface area (Å²) >= 11 is 0. The standard InChI is InChI=1S/C23H26FN3O2.C23H25FN2O.C18H23FN2O2.C16H15FN2O3S.C16H15FN2O2/c1-25-23(29)21(24)14-17-6-8-18(9-7-17)16-27(12-13-28)11-10-19-15-26-22-5-3-2-4-20(19)22;1-16-19(20-9-5-6-10-22(20)26-16)8-4-3-7-17-11-13-18(14-12-17)15-21(24)23(27)25-2;1-12(11-16(19)18(23)20-3)10-13(2)17(22)14-6-8-15(9-7-14)21(4)5;1-18-16(20)15(17)11-12-6-5-9-14(10-12)23(21,22)19-13-7-3-2-4-8-13;1-18-16(21)13(17)10-12-7-8-14(19-12)15(20)9-11-5-3-2-4-6-11/h2-9,14-15,26,28H,10-13,16H2,1H3,(H,25,29);5-6,9-15,26H,3-4,7-8H2,1-2H3,(H,25,27);6-11,13H,1-5H3,(H,20,23);2-11,19H,1H3,(H,18,20);2-8,10,19H,9H2,1H3,(H,18,21)/b21-14-;21-15-;12-10+,16-11-;15-11-;13-10-/t;;13-;;/m..1../s1. The molecule has 0 saturated heterocycles. The lowest BCUT2D eigenvalue weighted by atomic mass is 9.97. The predicted molar refractivity (Wildman–Crippen MR) is 480 cm³/mol. The topological polar surface area (TPSA) is 300 Å². The van der Waals surface area contributed by atoms with E-state index in [1.807, 2.05) is 116 Å². The summed E-state index contributed by atoms with van der Waals surface area (Å²) in [6.07, 6.45) is 14.7. The Kier molecular flexibility index (Phi) is 38.6. The van der Waals surface area contributed by atoms with Gasteiger partial charge in [-0.05, 0) is 188 Å². The van der Waals surface area contributed by atoms with Crippen LogP contribution >= 0.6 is 0 Å². The summed E-state index contributed by atoms with van der Waals surface area (Å²) in [6.45, 7) is 7.71. The number of nitrogens with one attached hydrogen (secondary N) is 9. The first kappa shape index (κ1) is 96.5. The highest BCUT2D eigenvalue weighted by Gasteiger charge is 2.19. The Hall–Kier alpha value is -13.6. The minimum Gasteiger partial charge on any atom is -0.395 e. The number of sulfonamides is 1. The molecule has 0 bridgehead atoms. The largest absolute Gasteiger partial charge is 0.395 e. The molecular formula is C96H104F5N11O10S. The van der Waals surface area contributed by atoms with Crippen molar-refractivity contribution in [2.45, 2.75) is 70.7 Å². The average molecular weight is 1700 g/mol. The zero-order valence-electron chi connectivity index (χ0n) is 70.3. The van der Waals surface area contributed by atoms with Crippen molar-refractivity contribution in [1.29, 1.82) is 0 Å². The number of rotatable bonds is 32. The van der Waals surface area contributed by atoms with E-state index in [0.29, 0.717) is 52.4 Å². The summed E-state index contributed by atoms with van der Waals surface area (Å²) < 4.78 is 94.7. The van der Waals surface area contributed by atoms with Crippen molar-refractivity contribution >= 4 is 109 Å². The minimum atomic E-state index is -3.80. The van der Waals surface area contributed by atoms with E-state index < -0.39 is 74.6 Å². The molecule has 3 heterocycles. The number of nitrogens with zero attached hydrogens (tertiary/aromatic N) is 2. The van der Waals surface area contributed by atoms with Gasteiger partial charge in [-0.3, -0.25) is 43.2 Å². The molecular weight excluding hydrogens is 1590 g/mol. The number of allylic oxidation sites excluding steroid dienone is 3. The SMILES string of the molecule is CNC(=O)/C(F)=C/C(C)=C/[C@@H](C)C(=O)c1ccc(N(C)C)cc1.CNC(=O)/C(F)=C/c1ccc(C(=O)Cc2ccccc2)[nH]1.CNC(=O)/C(F)=C/c1ccc(CCCCc2c(C)[nH]c3ccccc23)cc1.CNC(=O)/C(F)=C/c1ccc(CN(CCO)CCc2c[nH]c3ccccc23)cc1.CNC(=O)/C(F)=C/c1cccc(S(=O)(=O)Nc2ccccc2)c1. The average Bonchev–Trinajstić information content (AvgIpc) is 1.59. The Bertz CT molecular complexity index is 5680. The molecule has 1 atom stereocenters. The monoisotopic (exact) mass is 1700 g/mol. The third kappa shape index (κ3) is 31.2. The Labute approximate surface area is 714 Å². The van der Waals surface area contributed by atoms with Crippen LogP contribution in [0.1, 0.15) is 103 Å². The number of ketones is 2. The molecule has 8 aromatic carbocycles. The fourth-order valence-electron chi connectivity index (χ4n) is 12.5. The maximum atomic E-state index is 13.7. The number of amides is 5. The van der Waals surface area contributed by atoms with Crippen LogP contribution in [-0.2, 0) is 66.2 Å². The summed E-state index contributed by atoms with van der Waals surface area (Å²) in [4.78, 5) is 93.9. The van der Waals surface area contributed by atoms with Crippen molar-refractivity contribution in [3.63, 3.8) is 0 Å². The Balaban J connectivity index is 0.000000212. The van der Waals surface area contributed by atoms with Gasteiger partial charge in [-0.2, -0.15) is 0 Å². The first-order chi connectivity index (χ1) is 59.0. The molecule has 5 amide bonds. The molecule has 0 radical (unpaired) electrons. The second-order valence-corrected chi connectivity index (χ2v) is 30.1. The number of aromatic amines is 3. The molecule has 0 aliphatic carbocycles. The molecule has 0 aliphatic heterocycles. The molecule has 0 spiro atoms. The maximum absolute atomic E-state index is 13.7. The lowest BCUT2D eigenvalue weighted by molar-refractivity contribution is -0.119. The number of hydrogen-bond donors (Lipinski definition) is 10. The second kappa shape index (κ2) is 49.2. The molecule has 10 N–H and O–H groups in total. The summed E-state index contributed by atoms with van der Waals surface area (Å²) in [5, 5.41) is 23.0. The van der Waals surface area contributed by atoms with Gasteiger partial charge in [0.15, 0.2) is 40.7 Å². The number of hydrogen-bond acceptors (Lipinski definition) is 12. The molecule has 0 saturated carbocycles. The van der Waals surface area contributed by atoms with Gasteiger partial charge in [0, 0.05) is 144 Å². The van der Waals surface area contributed by atoms with Crippen molar-refractivity contribution < 1.29 is 69.0 Å². The second-order valence-electron chi connectivity index (χ2n) is 28.4. The van der Waals surface area contributed by atoms with Crippen LogP contribution in [0.15, 0.2) is 276 Å². The van der Waals surface area contributed by atoms with E-state index >= 15 is 0 Å². The fourth-order valence-corrected chi connectivity index (χ4v) is 13.6. The van der Waals surface area contributed by atoms with E-state index in [4.69, 9.17) is 0 Å². The molecule has 27 heteroatoms. The summed E-state index contributed by atoms with van der Waals surface area (Å²) in [5.41, 5.74) is 14.3. The number of halogens is 5. The number of aromatic nitrogens is 3. The van der Waals surface area contributed by atoms with Crippen molar-refractivity contribution in [1.82, 2.24) is 46.4 Å². The molecule has 0 fully saturated rings. The van der Waals surface area contributed by atoms with Crippen LogP contribution in [0, 0.1) is 12.8 Å². The van der Waals surface area contributed by atoms with E-state index in [2.05, 4.69) is 94.5 Å². The number of carbonyl (C=O) groups excluding carboxylic acids is 7. The summed E-state index contributed by atoms with van der Waals surface area (Å²) in [7, 11) is 6.88. The number of aliphatic hydroxyl groups excluding tert-OH is 1. The Morgan fingerprint density at radius 1 is 0.504 bits per heavy atom. The molecule has 123 heavy (non-hydrogen) atoms. The number of likely N-dealkylation sites (N-methyl/N-ethyl adjacent to an activating group) is 5. The van der Waals surface area contributed by atoms with Crippen molar-refractivity contribution in [3.8, 4) is 0 Å². The minimum absolute atomic E-state index is 0.0280. The van der Waals surface area contributed by atoms with Crippen molar-refractivity contribution in [3.05, 3.63) is 339 Å². The maximum Gasteiger partial charge on any atom is 0.279 e. The molecule has 644 valence electrons. The number of aliphatic hydroxyl groups is 1. The zero-order chi connectivity index (χ0) is 89.5. The number of benzene rings is 8. The zero-order valence-corrected chi connectivity index (χ0v) is 71.1. The van der Waals surface area contributed by atoms with Crippen molar-refractivity contribution in [2.75, 3.05) is 78.7 Å². The highest BCUT2D eigenvalue weighted by atomic mass is 32.2. The van der Waals surface area contributed by atoms with Crippen LogP contribution in [-0.4, -0.2) is 144 Å². The number of carbonyl (C=O) groups is 7. The molecule has 0 aliphatic rings. The van der Waals surface area contributed by atoms with Crippen LogP contribution in [0.5, 0.6) is 0 Å². The van der Waals surface area contributed by atoms with Crippen LogP contribution in [0.4, 0.5) is 33.3 Å². The van der Waals surface area contributed by atoms with Gasteiger partial charge in [0.05, 0.1) is 17.2 Å². The quantitative estimate of drug-likeness (QED) is 0.00619. The Morgan fingerprint density at radius 3 is 1.59 bits per heavy atom. The molecule has 0 unspecified atom stereocenters. The van der Waals surface area contributed by atoms with Crippen LogP contribution in [0.25, 0.3) is 46.1 Å². The highest BCUT2D eigenvalue weighted by Crippen LogP contribution is 2.27.